The molecular weight excluding hydrogens is 270 g/mol. The summed E-state index contributed by atoms with van der Waals surface area (Å²) in [6.45, 7) is 0. The average Bonchev–Trinajstić information content (AvgIpc) is 2.94. The van der Waals surface area contributed by atoms with Gasteiger partial charge in [-0.1, -0.05) is 0 Å². The Hall–Kier alpha value is -3.16. The summed E-state index contributed by atoms with van der Waals surface area (Å²) in [6, 6.07) is 3.32. The Labute approximate surface area is 119 Å². The molecule has 2 N–H and O–H groups in total. The van der Waals surface area contributed by atoms with Crippen LogP contribution >= 0.6 is 0 Å². The fourth-order valence-electron chi connectivity index (χ4n) is 1.87. The normalized spacial score (nSPS) is 10.5. The molecule has 1 amide bonds. The van der Waals surface area contributed by atoms with Crippen LogP contribution in [0.4, 0.5) is 0 Å². The first-order chi connectivity index (χ1) is 10.1. The number of nitrogens with two attached hydrogens (primary N) is 1. The predicted octanol–water partition coefficient (Wildman–Crippen LogP) is 0.433. The van der Waals surface area contributed by atoms with Gasteiger partial charge in [0.25, 0.3) is 5.91 Å². The number of nitrogens with zero attached hydrogens (tertiary/aromatic N) is 6. The summed E-state index contributed by atoms with van der Waals surface area (Å²) in [5.74, 6) is -0.290. The Kier molecular flexibility index (Phi) is 3.11. The van der Waals surface area contributed by atoms with Crippen LogP contribution in [0.2, 0.25) is 0 Å². The first kappa shape index (κ1) is 12.9. The molecule has 3 heterocycles. The number of amides is 1. The number of hydrogen-bond donors (Lipinski definition) is 1. The molecule has 0 unspecified atom stereocenters. The maximum atomic E-state index is 11.5. The molecule has 8 nitrogen and oxygen atoms in total. The van der Waals surface area contributed by atoms with E-state index in [2.05, 4.69) is 25.0 Å². The van der Waals surface area contributed by atoms with Crippen molar-refractivity contribution in [2.24, 2.45) is 12.8 Å². The fraction of sp³-hybridized carbons (Fsp3) is 0.0769. The van der Waals surface area contributed by atoms with Gasteiger partial charge < -0.3 is 5.73 Å². The zero-order chi connectivity index (χ0) is 14.8. The SMILES string of the molecule is Cn1nccc1-c1cc(C(N)=O)nc(-c2cncnc2)n1. The smallest absolute Gasteiger partial charge is 0.267 e. The molecule has 0 saturated carbocycles. The van der Waals surface area contributed by atoms with E-state index in [0.29, 0.717) is 17.1 Å². The summed E-state index contributed by atoms with van der Waals surface area (Å²) in [5, 5.41) is 4.09. The monoisotopic (exact) mass is 281 g/mol. The van der Waals surface area contributed by atoms with Crippen LogP contribution in [0.15, 0.2) is 37.1 Å². The molecule has 3 rings (SSSR count). The van der Waals surface area contributed by atoms with Gasteiger partial charge in [-0.3, -0.25) is 9.48 Å². The van der Waals surface area contributed by atoms with Crippen molar-refractivity contribution < 1.29 is 4.79 Å². The molecule has 0 aliphatic heterocycles. The maximum absolute atomic E-state index is 11.5. The van der Waals surface area contributed by atoms with E-state index in [-0.39, 0.29) is 5.69 Å². The second-order valence-electron chi connectivity index (χ2n) is 4.29. The number of carbonyl (C=O) groups is 1. The molecule has 0 atom stereocenters. The van der Waals surface area contributed by atoms with Gasteiger partial charge in [0.1, 0.15) is 12.0 Å². The Morgan fingerprint density at radius 1 is 1.24 bits per heavy atom. The molecule has 0 aliphatic rings. The third-order valence-electron chi connectivity index (χ3n) is 2.88. The lowest BCUT2D eigenvalue weighted by molar-refractivity contribution is 0.0995. The summed E-state index contributed by atoms with van der Waals surface area (Å²) in [6.07, 6.45) is 6.19. The number of primary amides is 1. The minimum atomic E-state index is -0.626. The van der Waals surface area contributed by atoms with Gasteiger partial charge >= 0.3 is 0 Å². The van der Waals surface area contributed by atoms with Gasteiger partial charge in [-0.2, -0.15) is 5.10 Å². The quantitative estimate of drug-likeness (QED) is 0.745. The molecule has 104 valence electrons. The second-order valence-corrected chi connectivity index (χ2v) is 4.29. The summed E-state index contributed by atoms with van der Waals surface area (Å²) in [4.78, 5) is 27.9. The van der Waals surface area contributed by atoms with Gasteiger partial charge in [-0.05, 0) is 12.1 Å². The van der Waals surface area contributed by atoms with E-state index < -0.39 is 5.91 Å². The molecule has 0 bridgehead atoms. The average molecular weight is 281 g/mol. The Balaban J connectivity index is 2.20. The van der Waals surface area contributed by atoms with E-state index >= 15 is 0 Å². The topological polar surface area (TPSA) is 112 Å². The minimum Gasteiger partial charge on any atom is -0.364 e. The van der Waals surface area contributed by atoms with Crippen LogP contribution < -0.4 is 5.73 Å². The Morgan fingerprint density at radius 2 is 2.00 bits per heavy atom. The molecule has 21 heavy (non-hydrogen) atoms. The minimum absolute atomic E-state index is 0.125. The zero-order valence-corrected chi connectivity index (χ0v) is 11.1. The van der Waals surface area contributed by atoms with Crippen LogP contribution in [0.25, 0.3) is 22.8 Å². The predicted molar refractivity (Wildman–Crippen MR) is 73.8 cm³/mol. The molecule has 3 aromatic rings. The van der Waals surface area contributed by atoms with Crippen LogP contribution in [0, 0.1) is 0 Å². The number of hydrogen-bond acceptors (Lipinski definition) is 6. The molecule has 3 aromatic heterocycles. The summed E-state index contributed by atoms with van der Waals surface area (Å²) >= 11 is 0. The van der Waals surface area contributed by atoms with E-state index in [0.717, 1.165) is 5.69 Å². The van der Waals surface area contributed by atoms with Crippen molar-refractivity contribution in [3.63, 3.8) is 0 Å². The van der Waals surface area contributed by atoms with Gasteiger partial charge in [0.15, 0.2) is 5.82 Å². The van der Waals surface area contributed by atoms with E-state index in [1.54, 1.807) is 36.4 Å². The highest BCUT2D eigenvalue weighted by Gasteiger charge is 2.13. The van der Waals surface area contributed by atoms with Gasteiger partial charge in [0.05, 0.1) is 17.0 Å². The molecule has 0 fully saturated rings. The van der Waals surface area contributed by atoms with Crippen LogP contribution in [-0.2, 0) is 7.05 Å². The largest absolute Gasteiger partial charge is 0.364 e. The molecule has 0 saturated heterocycles. The Morgan fingerprint density at radius 3 is 2.62 bits per heavy atom. The van der Waals surface area contributed by atoms with Crippen molar-refractivity contribution in [1.29, 1.82) is 0 Å². The van der Waals surface area contributed by atoms with Crippen molar-refractivity contribution in [3.05, 3.63) is 42.7 Å². The zero-order valence-electron chi connectivity index (χ0n) is 11.1. The van der Waals surface area contributed by atoms with Crippen LogP contribution in [0.1, 0.15) is 10.5 Å². The van der Waals surface area contributed by atoms with E-state index in [4.69, 9.17) is 5.73 Å². The second kappa shape index (κ2) is 5.08. The molecular formula is C13H11N7O. The molecule has 0 aliphatic carbocycles. The lowest BCUT2D eigenvalue weighted by Crippen LogP contribution is -2.14. The molecule has 0 spiro atoms. The first-order valence-electron chi connectivity index (χ1n) is 6.08. The summed E-state index contributed by atoms with van der Waals surface area (Å²) in [5.41, 5.74) is 7.37. The summed E-state index contributed by atoms with van der Waals surface area (Å²) < 4.78 is 1.65. The molecule has 8 heteroatoms. The van der Waals surface area contributed by atoms with Crippen LogP contribution in [-0.4, -0.2) is 35.6 Å². The third-order valence-corrected chi connectivity index (χ3v) is 2.88. The van der Waals surface area contributed by atoms with E-state index in [9.17, 15) is 4.79 Å². The van der Waals surface area contributed by atoms with Gasteiger partial charge in [0.2, 0.25) is 0 Å². The fourth-order valence-corrected chi connectivity index (χ4v) is 1.87. The Bertz CT molecular complexity index is 797. The van der Waals surface area contributed by atoms with E-state index in [1.165, 1.54) is 12.4 Å². The van der Waals surface area contributed by atoms with Gasteiger partial charge in [-0.15, -0.1) is 0 Å². The van der Waals surface area contributed by atoms with Gasteiger partial charge in [0, 0.05) is 25.6 Å². The number of rotatable bonds is 3. The van der Waals surface area contributed by atoms with Crippen molar-refractivity contribution in [3.8, 4) is 22.8 Å². The van der Waals surface area contributed by atoms with Crippen molar-refractivity contribution in [1.82, 2.24) is 29.7 Å². The third kappa shape index (κ3) is 2.46. The van der Waals surface area contributed by atoms with Crippen molar-refractivity contribution in [2.45, 2.75) is 0 Å². The van der Waals surface area contributed by atoms with Crippen molar-refractivity contribution in [2.75, 3.05) is 0 Å². The lowest BCUT2D eigenvalue weighted by Gasteiger charge is -2.06. The molecule has 0 radical (unpaired) electrons. The lowest BCUT2D eigenvalue weighted by atomic mass is 10.2. The standard InChI is InChI=1S/C13H11N7O/c1-20-11(2-3-17-20)9-4-10(12(14)21)19-13(18-9)8-5-15-7-16-6-8/h2-7H,1H3,(H2,14,21). The highest BCUT2D eigenvalue weighted by Crippen LogP contribution is 2.21. The number of carbonyl (C=O) groups excluding carboxylic acids is 1. The maximum Gasteiger partial charge on any atom is 0.267 e. The highest BCUT2D eigenvalue weighted by molar-refractivity contribution is 5.92. The van der Waals surface area contributed by atoms with Gasteiger partial charge in [-0.25, -0.2) is 19.9 Å². The molecule has 0 aromatic carbocycles. The van der Waals surface area contributed by atoms with E-state index in [1.807, 2.05) is 0 Å². The number of aryl methyl sites for hydroxylation is 1. The van der Waals surface area contributed by atoms with Crippen LogP contribution in [0.5, 0.6) is 0 Å². The first-order valence-corrected chi connectivity index (χ1v) is 6.08. The van der Waals surface area contributed by atoms with Crippen LogP contribution in [0.3, 0.4) is 0 Å². The number of aromatic nitrogens is 6. The highest BCUT2D eigenvalue weighted by atomic mass is 16.1. The summed E-state index contributed by atoms with van der Waals surface area (Å²) in [7, 11) is 1.78. The van der Waals surface area contributed by atoms with Crippen molar-refractivity contribution >= 4 is 5.91 Å².